The molecule has 108 valence electrons. The van der Waals surface area contributed by atoms with Crippen molar-refractivity contribution in [2.24, 2.45) is 10.9 Å². The van der Waals surface area contributed by atoms with Gasteiger partial charge >= 0.3 is 5.97 Å². The molecule has 0 heterocycles. The highest BCUT2D eigenvalue weighted by molar-refractivity contribution is 14.0. The van der Waals surface area contributed by atoms with Crippen molar-refractivity contribution in [3.8, 4) is 0 Å². The third-order valence-electron chi connectivity index (χ3n) is 2.17. The first-order chi connectivity index (χ1) is 8.10. The van der Waals surface area contributed by atoms with E-state index in [9.17, 15) is 4.79 Å². The van der Waals surface area contributed by atoms with Crippen molar-refractivity contribution in [1.82, 2.24) is 10.6 Å². The molecule has 2 N–H and O–H groups in total. The third-order valence-corrected chi connectivity index (χ3v) is 2.17. The van der Waals surface area contributed by atoms with E-state index in [-0.39, 0.29) is 29.9 Å². The van der Waals surface area contributed by atoms with E-state index >= 15 is 0 Å². The van der Waals surface area contributed by atoms with Gasteiger partial charge in [-0.3, -0.25) is 9.79 Å². The summed E-state index contributed by atoms with van der Waals surface area (Å²) in [4.78, 5) is 15.4. The van der Waals surface area contributed by atoms with E-state index in [4.69, 9.17) is 0 Å². The van der Waals surface area contributed by atoms with Crippen molar-refractivity contribution in [2.75, 3.05) is 26.7 Å². The summed E-state index contributed by atoms with van der Waals surface area (Å²) >= 11 is 0. The summed E-state index contributed by atoms with van der Waals surface area (Å²) in [6.45, 7) is 8.51. The van der Waals surface area contributed by atoms with Gasteiger partial charge in [0.2, 0.25) is 0 Å². The molecule has 0 saturated carbocycles. The molecule has 0 rings (SSSR count). The van der Waals surface area contributed by atoms with E-state index < -0.39 is 0 Å². The molecule has 0 unspecified atom stereocenters. The SMILES string of the molecule is CCNC(=NCCC(C)C)NCCC(=O)OC.I. The van der Waals surface area contributed by atoms with Crippen LogP contribution in [-0.4, -0.2) is 38.7 Å². The molecule has 0 aliphatic heterocycles. The minimum Gasteiger partial charge on any atom is -0.469 e. The van der Waals surface area contributed by atoms with Crippen LogP contribution in [-0.2, 0) is 9.53 Å². The van der Waals surface area contributed by atoms with Crippen molar-refractivity contribution in [3.05, 3.63) is 0 Å². The topological polar surface area (TPSA) is 62.7 Å². The summed E-state index contributed by atoms with van der Waals surface area (Å²) < 4.78 is 4.57. The molecule has 0 atom stereocenters. The second-order valence-corrected chi connectivity index (χ2v) is 4.20. The Hall–Kier alpha value is -0.530. The number of hydrogen-bond donors (Lipinski definition) is 2. The van der Waals surface area contributed by atoms with Gasteiger partial charge in [-0.25, -0.2) is 0 Å². The van der Waals surface area contributed by atoms with Crippen LogP contribution in [0.1, 0.15) is 33.6 Å². The Balaban J connectivity index is 0. The number of nitrogens with zero attached hydrogens (tertiary/aromatic N) is 1. The predicted octanol–water partition coefficient (Wildman–Crippen LogP) is 1.77. The van der Waals surface area contributed by atoms with E-state index in [1.54, 1.807) is 0 Å². The van der Waals surface area contributed by atoms with Crippen LogP contribution in [0.3, 0.4) is 0 Å². The highest BCUT2D eigenvalue weighted by Crippen LogP contribution is 1.98. The van der Waals surface area contributed by atoms with Crippen LogP contribution in [0.2, 0.25) is 0 Å². The molecule has 0 aliphatic carbocycles. The standard InChI is InChI=1S/C12H25N3O2.HI/c1-5-13-12(14-8-6-10(2)3)15-9-7-11(16)17-4;/h10H,5-9H2,1-4H3,(H2,13,14,15);1H. The van der Waals surface area contributed by atoms with E-state index in [2.05, 4.69) is 34.2 Å². The maximum Gasteiger partial charge on any atom is 0.307 e. The Bertz CT molecular complexity index is 245. The molecule has 0 aromatic rings. The Kier molecular flexibility index (Phi) is 14.2. The number of hydrogen-bond acceptors (Lipinski definition) is 3. The summed E-state index contributed by atoms with van der Waals surface area (Å²) in [5, 5.41) is 6.23. The number of aliphatic imine (C=N–C) groups is 1. The minimum absolute atomic E-state index is 0. The van der Waals surface area contributed by atoms with Crippen LogP contribution in [0, 0.1) is 5.92 Å². The highest BCUT2D eigenvalue weighted by atomic mass is 127. The number of halogens is 1. The third kappa shape index (κ3) is 11.9. The maximum absolute atomic E-state index is 10.9. The number of carbonyl (C=O) groups excluding carboxylic acids is 1. The molecule has 0 aliphatic rings. The predicted molar refractivity (Wildman–Crippen MR) is 85.5 cm³/mol. The molecular formula is C12H26IN3O2. The van der Waals surface area contributed by atoms with Gasteiger partial charge in [-0.05, 0) is 19.3 Å². The Labute approximate surface area is 127 Å². The monoisotopic (exact) mass is 371 g/mol. The smallest absolute Gasteiger partial charge is 0.307 e. The van der Waals surface area contributed by atoms with Gasteiger partial charge in [0.1, 0.15) is 0 Å². The minimum atomic E-state index is -0.212. The maximum atomic E-state index is 10.9. The Morgan fingerprint density at radius 3 is 2.50 bits per heavy atom. The summed E-state index contributed by atoms with van der Waals surface area (Å²) in [5.74, 6) is 1.20. The number of nitrogens with one attached hydrogen (secondary N) is 2. The van der Waals surface area contributed by atoms with Gasteiger partial charge in [-0.2, -0.15) is 0 Å². The largest absolute Gasteiger partial charge is 0.469 e. The average molecular weight is 371 g/mol. The quantitative estimate of drug-likeness (QED) is 0.310. The van der Waals surface area contributed by atoms with E-state index in [0.717, 1.165) is 25.5 Å². The first-order valence-electron chi connectivity index (χ1n) is 6.19. The fourth-order valence-electron chi connectivity index (χ4n) is 1.16. The van der Waals surface area contributed by atoms with E-state index in [1.165, 1.54) is 7.11 Å². The molecule has 0 aromatic heterocycles. The molecule has 0 bridgehead atoms. The van der Waals surface area contributed by atoms with Crippen LogP contribution in [0.15, 0.2) is 4.99 Å². The second kappa shape index (κ2) is 12.9. The van der Waals surface area contributed by atoms with E-state index in [0.29, 0.717) is 18.9 Å². The lowest BCUT2D eigenvalue weighted by Gasteiger charge is -2.11. The molecule has 6 heteroatoms. The molecule has 0 fully saturated rings. The summed E-state index contributed by atoms with van der Waals surface area (Å²) in [6.07, 6.45) is 1.42. The van der Waals surface area contributed by atoms with Gasteiger partial charge in [0.25, 0.3) is 0 Å². The van der Waals surface area contributed by atoms with Crippen LogP contribution in [0.25, 0.3) is 0 Å². The number of ether oxygens (including phenoxy) is 1. The van der Waals surface area contributed by atoms with Gasteiger partial charge in [0.15, 0.2) is 5.96 Å². The number of guanidine groups is 1. The normalized spacial score (nSPS) is 10.8. The van der Waals surface area contributed by atoms with E-state index in [1.807, 2.05) is 6.92 Å². The van der Waals surface area contributed by atoms with Gasteiger partial charge < -0.3 is 15.4 Å². The van der Waals surface area contributed by atoms with Crippen molar-refractivity contribution in [2.45, 2.75) is 33.6 Å². The Morgan fingerprint density at radius 2 is 2.00 bits per heavy atom. The van der Waals surface area contributed by atoms with Crippen LogP contribution in [0.5, 0.6) is 0 Å². The second-order valence-electron chi connectivity index (χ2n) is 4.20. The zero-order valence-electron chi connectivity index (χ0n) is 11.8. The molecule has 0 aromatic carbocycles. The zero-order valence-corrected chi connectivity index (χ0v) is 14.1. The zero-order chi connectivity index (χ0) is 13.1. The van der Waals surface area contributed by atoms with Crippen molar-refractivity contribution in [3.63, 3.8) is 0 Å². The van der Waals surface area contributed by atoms with Crippen molar-refractivity contribution >= 4 is 35.9 Å². The lowest BCUT2D eigenvalue weighted by atomic mass is 10.1. The van der Waals surface area contributed by atoms with Gasteiger partial charge in [0.05, 0.1) is 13.5 Å². The van der Waals surface area contributed by atoms with Crippen molar-refractivity contribution < 1.29 is 9.53 Å². The van der Waals surface area contributed by atoms with Crippen LogP contribution in [0.4, 0.5) is 0 Å². The molecule has 5 nitrogen and oxygen atoms in total. The number of esters is 1. The first-order valence-corrected chi connectivity index (χ1v) is 6.19. The number of carbonyl (C=O) groups is 1. The fourth-order valence-corrected chi connectivity index (χ4v) is 1.16. The molecule has 0 radical (unpaired) electrons. The Morgan fingerprint density at radius 1 is 1.33 bits per heavy atom. The molecule has 0 saturated heterocycles. The lowest BCUT2D eigenvalue weighted by Crippen LogP contribution is -2.38. The highest BCUT2D eigenvalue weighted by Gasteiger charge is 2.01. The van der Waals surface area contributed by atoms with Gasteiger partial charge in [-0.15, -0.1) is 24.0 Å². The number of methoxy groups -OCH3 is 1. The van der Waals surface area contributed by atoms with Gasteiger partial charge in [0, 0.05) is 19.6 Å². The summed E-state index contributed by atoms with van der Waals surface area (Å²) in [7, 11) is 1.39. The van der Waals surface area contributed by atoms with Gasteiger partial charge in [-0.1, -0.05) is 13.8 Å². The van der Waals surface area contributed by atoms with Crippen LogP contribution >= 0.6 is 24.0 Å². The molecule has 18 heavy (non-hydrogen) atoms. The number of rotatable bonds is 7. The molecule has 0 spiro atoms. The summed E-state index contributed by atoms with van der Waals surface area (Å²) in [6, 6.07) is 0. The summed E-state index contributed by atoms with van der Waals surface area (Å²) in [5.41, 5.74) is 0. The van der Waals surface area contributed by atoms with Crippen molar-refractivity contribution in [1.29, 1.82) is 0 Å². The lowest BCUT2D eigenvalue weighted by molar-refractivity contribution is -0.140. The van der Waals surface area contributed by atoms with Crippen LogP contribution < -0.4 is 10.6 Å². The fraction of sp³-hybridized carbons (Fsp3) is 0.833. The molecular weight excluding hydrogens is 345 g/mol. The first kappa shape index (κ1) is 19.8. The average Bonchev–Trinajstić information content (AvgIpc) is 2.28. The molecule has 0 amide bonds.